The van der Waals surface area contributed by atoms with Crippen molar-refractivity contribution in [3.8, 4) is 0 Å². The molecule has 0 saturated heterocycles. The Morgan fingerprint density at radius 3 is 2.59 bits per heavy atom. The van der Waals surface area contributed by atoms with E-state index < -0.39 is 5.97 Å². The van der Waals surface area contributed by atoms with Gasteiger partial charge in [-0.1, -0.05) is 30.3 Å². The predicted octanol–water partition coefficient (Wildman–Crippen LogP) is 2.89. The number of carbonyl (C=O) groups is 2. The highest BCUT2D eigenvalue weighted by atomic mass is 32.2. The number of thioether (sulfide) groups is 1. The van der Waals surface area contributed by atoms with Crippen molar-refractivity contribution in [2.75, 3.05) is 5.75 Å². The van der Waals surface area contributed by atoms with E-state index in [9.17, 15) is 9.59 Å². The second-order valence-corrected chi connectivity index (χ2v) is 6.18. The van der Waals surface area contributed by atoms with Gasteiger partial charge in [0.2, 0.25) is 5.91 Å². The number of rotatable bonds is 4. The molecule has 1 heterocycles. The standard InChI is InChI=1S/C17H15NO3S/c19-16(14-10-22-15-4-2-1-3-13(14)15)18-9-11-5-7-12(8-6-11)17(20)21/h1-8,14H,9-10H2,(H,18,19)(H,20,21)/t14-/m1/s1. The Hall–Kier alpha value is -2.27. The minimum Gasteiger partial charge on any atom is -0.478 e. The number of carbonyl (C=O) groups excluding carboxylic acids is 1. The number of amides is 1. The number of carboxylic acids is 1. The number of aromatic carboxylic acids is 1. The molecule has 0 spiro atoms. The number of hydrogen-bond donors (Lipinski definition) is 2. The van der Waals surface area contributed by atoms with Crippen molar-refractivity contribution >= 4 is 23.6 Å². The van der Waals surface area contributed by atoms with Crippen LogP contribution in [-0.2, 0) is 11.3 Å². The van der Waals surface area contributed by atoms with Gasteiger partial charge in [0, 0.05) is 17.2 Å². The highest BCUT2D eigenvalue weighted by Gasteiger charge is 2.28. The Balaban J connectivity index is 1.62. The van der Waals surface area contributed by atoms with Gasteiger partial charge in [0.25, 0.3) is 0 Å². The normalized spacial score (nSPS) is 16.1. The van der Waals surface area contributed by atoms with E-state index in [0.29, 0.717) is 6.54 Å². The lowest BCUT2D eigenvalue weighted by atomic mass is 10.0. The van der Waals surface area contributed by atoms with E-state index in [1.807, 2.05) is 24.3 Å². The van der Waals surface area contributed by atoms with E-state index in [1.54, 1.807) is 36.0 Å². The van der Waals surface area contributed by atoms with Crippen LogP contribution in [0, 0.1) is 0 Å². The lowest BCUT2D eigenvalue weighted by Gasteiger charge is -2.11. The van der Waals surface area contributed by atoms with Gasteiger partial charge in [0.15, 0.2) is 0 Å². The molecule has 0 radical (unpaired) electrons. The lowest BCUT2D eigenvalue weighted by Crippen LogP contribution is -2.29. The maximum atomic E-state index is 12.3. The molecule has 5 heteroatoms. The molecule has 4 nitrogen and oxygen atoms in total. The second kappa shape index (κ2) is 6.23. The molecule has 0 aliphatic carbocycles. The number of benzene rings is 2. The van der Waals surface area contributed by atoms with Crippen LogP contribution in [0.5, 0.6) is 0 Å². The zero-order chi connectivity index (χ0) is 15.5. The van der Waals surface area contributed by atoms with E-state index in [1.165, 1.54) is 4.90 Å². The molecule has 0 bridgehead atoms. The van der Waals surface area contributed by atoms with Crippen LogP contribution in [0.25, 0.3) is 0 Å². The average molecular weight is 313 g/mol. The second-order valence-electron chi connectivity index (χ2n) is 5.12. The molecule has 0 fully saturated rings. The smallest absolute Gasteiger partial charge is 0.335 e. The maximum absolute atomic E-state index is 12.3. The van der Waals surface area contributed by atoms with Gasteiger partial charge in [0.1, 0.15) is 0 Å². The Bertz CT molecular complexity index is 712. The van der Waals surface area contributed by atoms with Crippen LogP contribution >= 0.6 is 11.8 Å². The van der Waals surface area contributed by atoms with Crippen LogP contribution in [0.4, 0.5) is 0 Å². The number of carboxylic acid groups (broad SMARTS) is 1. The fourth-order valence-electron chi connectivity index (χ4n) is 2.46. The van der Waals surface area contributed by atoms with Crippen LogP contribution in [0.1, 0.15) is 27.4 Å². The van der Waals surface area contributed by atoms with E-state index >= 15 is 0 Å². The van der Waals surface area contributed by atoms with Gasteiger partial charge in [-0.3, -0.25) is 4.79 Å². The third kappa shape index (κ3) is 2.99. The van der Waals surface area contributed by atoms with Crippen molar-refractivity contribution in [3.05, 3.63) is 65.2 Å². The molecule has 3 rings (SSSR count). The van der Waals surface area contributed by atoms with Crippen LogP contribution in [0.3, 0.4) is 0 Å². The molecule has 112 valence electrons. The molecule has 0 unspecified atom stereocenters. The van der Waals surface area contributed by atoms with Crippen LogP contribution in [0.2, 0.25) is 0 Å². The molecule has 1 amide bonds. The van der Waals surface area contributed by atoms with Crippen molar-refractivity contribution in [2.45, 2.75) is 17.4 Å². The Morgan fingerprint density at radius 2 is 1.86 bits per heavy atom. The fourth-order valence-corrected chi connectivity index (χ4v) is 3.69. The minimum atomic E-state index is -0.949. The van der Waals surface area contributed by atoms with Crippen molar-refractivity contribution in [1.29, 1.82) is 0 Å². The predicted molar refractivity (Wildman–Crippen MR) is 85.2 cm³/mol. The number of fused-ring (bicyclic) bond motifs is 1. The number of hydrogen-bond acceptors (Lipinski definition) is 3. The summed E-state index contributed by atoms with van der Waals surface area (Å²) in [6, 6.07) is 14.5. The summed E-state index contributed by atoms with van der Waals surface area (Å²) in [6.45, 7) is 0.405. The summed E-state index contributed by atoms with van der Waals surface area (Å²) in [4.78, 5) is 24.3. The van der Waals surface area contributed by atoms with Crippen molar-refractivity contribution in [2.24, 2.45) is 0 Å². The number of nitrogens with one attached hydrogen (secondary N) is 1. The molecule has 1 atom stereocenters. The van der Waals surface area contributed by atoms with E-state index in [2.05, 4.69) is 5.32 Å². The molecule has 2 N–H and O–H groups in total. The molecule has 1 aliphatic rings. The van der Waals surface area contributed by atoms with Gasteiger partial charge in [-0.15, -0.1) is 11.8 Å². The summed E-state index contributed by atoms with van der Waals surface area (Å²) in [7, 11) is 0. The summed E-state index contributed by atoms with van der Waals surface area (Å²) < 4.78 is 0. The molecule has 2 aromatic rings. The van der Waals surface area contributed by atoms with Gasteiger partial charge in [-0.2, -0.15) is 0 Å². The van der Waals surface area contributed by atoms with Gasteiger partial charge in [0.05, 0.1) is 11.5 Å². The third-order valence-corrected chi connectivity index (χ3v) is 4.87. The zero-order valence-electron chi connectivity index (χ0n) is 11.8. The first-order valence-corrected chi connectivity index (χ1v) is 7.95. The fraction of sp³-hybridized carbons (Fsp3) is 0.176. The first kappa shape index (κ1) is 14.7. The first-order valence-electron chi connectivity index (χ1n) is 6.97. The molecule has 0 aromatic heterocycles. The van der Waals surface area contributed by atoms with Crippen LogP contribution in [0.15, 0.2) is 53.4 Å². The van der Waals surface area contributed by atoms with Gasteiger partial charge in [-0.05, 0) is 29.3 Å². The molecule has 2 aromatic carbocycles. The topological polar surface area (TPSA) is 66.4 Å². The van der Waals surface area contributed by atoms with Crippen LogP contribution < -0.4 is 5.32 Å². The van der Waals surface area contributed by atoms with E-state index in [0.717, 1.165) is 16.9 Å². The summed E-state index contributed by atoms with van der Waals surface area (Å²) >= 11 is 1.71. The quantitative estimate of drug-likeness (QED) is 0.911. The minimum absolute atomic E-state index is 0.0137. The summed E-state index contributed by atoms with van der Waals surface area (Å²) in [6.07, 6.45) is 0. The van der Waals surface area contributed by atoms with Gasteiger partial charge in [-0.25, -0.2) is 4.79 Å². The van der Waals surface area contributed by atoms with E-state index in [4.69, 9.17) is 5.11 Å². The largest absolute Gasteiger partial charge is 0.478 e. The third-order valence-electron chi connectivity index (χ3n) is 3.68. The first-order chi connectivity index (χ1) is 10.6. The van der Waals surface area contributed by atoms with Crippen LogP contribution in [-0.4, -0.2) is 22.7 Å². The SMILES string of the molecule is O=C(O)c1ccc(CNC(=O)[C@@H]2CSc3ccccc32)cc1. The highest BCUT2D eigenvalue weighted by Crippen LogP contribution is 2.39. The summed E-state index contributed by atoms with van der Waals surface area (Å²) in [5.74, 6) is -0.280. The van der Waals surface area contributed by atoms with Crippen molar-refractivity contribution in [3.63, 3.8) is 0 Å². The maximum Gasteiger partial charge on any atom is 0.335 e. The summed E-state index contributed by atoms with van der Waals surface area (Å²) in [5, 5.41) is 11.8. The van der Waals surface area contributed by atoms with Crippen molar-refractivity contribution in [1.82, 2.24) is 5.32 Å². The summed E-state index contributed by atoms with van der Waals surface area (Å²) in [5.41, 5.74) is 2.22. The monoisotopic (exact) mass is 313 g/mol. The zero-order valence-corrected chi connectivity index (χ0v) is 12.6. The Morgan fingerprint density at radius 1 is 1.14 bits per heavy atom. The molecular weight excluding hydrogens is 298 g/mol. The highest BCUT2D eigenvalue weighted by molar-refractivity contribution is 7.99. The Labute approximate surface area is 132 Å². The molecule has 1 aliphatic heterocycles. The molecular formula is C17H15NO3S. The lowest BCUT2D eigenvalue weighted by molar-refractivity contribution is -0.122. The average Bonchev–Trinajstić information content (AvgIpc) is 2.97. The Kier molecular flexibility index (Phi) is 4.15. The molecule has 0 saturated carbocycles. The molecule has 22 heavy (non-hydrogen) atoms. The van der Waals surface area contributed by atoms with Gasteiger partial charge < -0.3 is 10.4 Å². The van der Waals surface area contributed by atoms with Gasteiger partial charge >= 0.3 is 5.97 Å². The van der Waals surface area contributed by atoms with E-state index in [-0.39, 0.29) is 17.4 Å². The van der Waals surface area contributed by atoms with Crippen molar-refractivity contribution < 1.29 is 14.7 Å².